The highest BCUT2D eigenvalue weighted by molar-refractivity contribution is 6.33. The lowest BCUT2D eigenvalue weighted by atomic mass is 10.00. The van der Waals surface area contributed by atoms with Crippen molar-refractivity contribution in [1.29, 1.82) is 0 Å². The van der Waals surface area contributed by atoms with Crippen LogP contribution in [-0.4, -0.2) is 36.3 Å². The van der Waals surface area contributed by atoms with Crippen molar-refractivity contribution < 1.29 is 22.8 Å². The van der Waals surface area contributed by atoms with E-state index in [-0.39, 0.29) is 29.6 Å². The Hall–Kier alpha value is -1.76. The molecule has 0 N–H and O–H groups in total. The van der Waals surface area contributed by atoms with Crippen LogP contribution in [0.1, 0.15) is 38.7 Å². The van der Waals surface area contributed by atoms with E-state index in [1.165, 1.54) is 6.92 Å². The molecule has 8 heteroatoms. The van der Waals surface area contributed by atoms with Gasteiger partial charge in [0.2, 0.25) is 11.8 Å². The average molecular weight is 391 g/mol. The van der Waals surface area contributed by atoms with Gasteiger partial charge in [-0.1, -0.05) is 18.5 Å². The monoisotopic (exact) mass is 390 g/mol. The van der Waals surface area contributed by atoms with E-state index in [1.54, 1.807) is 4.90 Å². The number of benzene rings is 1. The Morgan fingerprint density at radius 3 is 2.62 bits per heavy atom. The van der Waals surface area contributed by atoms with Gasteiger partial charge in [-0.15, -0.1) is 0 Å². The van der Waals surface area contributed by atoms with Crippen molar-refractivity contribution in [2.75, 3.05) is 24.5 Å². The van der Waals surface area contributed by atoms with Gasteiger partial charge in [-0.3, -0.25) is 9.59 Å². The smallest absolute Gasteiger partial charge is 0.342 e. The van der Waals surface area contributed by atoms with Crippen LogP contribution < -0.4 is 4.90 Å². The van der Waals surface area contributed by atoms with Crippen LogP contribution in [0.4, 0.5) is 18.9 Å². The molecule has 1 aromatic carbocycles. The molecule has 0 bridgehead atoms. The maximum atomic E-state index is 13.0. The first-order valence-electron chi connectivity index (χ1n) is 8.52. The second kappa shape index (κ2) is 8.29. The summed E-state index contributed by atoms with van der Waals surface area (Å²) in [5, 5.41) is 0.0345. The number of hydrogen-bond donors (Lipinski definition) is 0. The van der Waals surface area contributed by atoms with E-state index in [2.05, 4.69) is 6.92 Å². The minimum atomic E-state index is -4.54. The van der Waals surface area contributed by atoms with Gasteiger partial charge in [0.15, 0.2) is 0 Å². The number of nitrogens with zero attached hydrogens (tertiary/aromatic N) is 2. The Kier molecular flexibility index (Phi) is 6.55. The zero-order valence-corrected chi connectivity index (χ0v) is 15.5. The third-order valence-corrected chi connectivity index (χ3v) is 4.82. The summed E-state index contributed by atoms with van der Waals surface area (Å²) in [6, 6.07) is 2.82. The van der Waals surface area contributed by atoms with E-state index < -0.39 is 17.6 Å². The van der Waals surface area contributed by atoms with E-state index in [1.807, 2.05) is 0 Å². The van der Waals surface area contributed by atoms with Crippen LogP contribution in [0.5, 0.6) is 0 Å². The fourth-order valence-corrected chi connectivity index (χ4v) is 3.34. The molecule has 1 atom stereocenters. The summed E-state index contributed by atoms with van der Waals surface area (Å²) in [6.45, 7) is 4.64. The molecule has 0 saturated carbocycles. The largest absolute Gasteiger partial charge is 0.416 e. The quantitative estimate of drug-likeness (QED) is 0.766. The van der Waals surface area contributed by atoms with Crippen LogP contribution in [0.15, 0.2) is 18.2 Å². The molecule has 0 aliphatic carbocycles. The number of carbonyl (C=O) groups is 2. The fourth-order valence-electron chi connectivity index (χ4n) is 3.12. The van der Waals surface area contributed by atoms with Crippen LogP contribution in [0.2, 0.25) is 5.02 Å². The lowest BCUT2D eigenvalue weighted by molar-refractivity contribution is -0.137. The van der Waals surface area contributed by atoms with Crippen LogP contribution in [0.25, 0.3) is 0 Å². The van der Waals surface area contributed by atoms with Crippen molar-refractivity contribution in [3.05, 3.63) is 28.8 Å². The summed E-state index contributed by atoms with van der Waals surface area (Å²) < 4.78 is 38.9. The topological polar surface area (TPSA) is 40.6 Å². The number of anilines is 1. The third-order valence-electron chi connectivity index (χ3n) is 4.50. The molecule has 1 aromatic rings. The van der Waals surface area contributed by atoms with Crippen LogP contribution in [0, 0.1) is 5.92 Å². The van der Waals surface area contributed by atoms with Crippen molar-refractivity contribution in [3.8, 4) is 0 Å². The van der Waals surface area contributed by atoms with Gasteiger partial charge in [0.05, 0.1) is 16.3 Å². The summed E-state index contributed by atoms with van der Waals surface area (Å²) in [5.41, 5.74) is -0.923. The number of hydrogen-bond acceptors (Lipinski definition) is 2. The molecule has 0 radical (unpaired) electrons. The number of carbonyl (C=O) groups excluding carboxylic acids is 2. The standard InChI is InChI=1S/C18H22ClF3N2O2/c1-12-4-3-8-23(11-12)17(26)7-9-24(13(2)25)16-10-14(18(20,21)22)5-6-15(16)19/h5-6,10,12H,3-4,7-9,11H2,1-2H3. The van der Waals surface area contributed by atoms with Crippen LogP contribution in [-0.2, 0) is 15.8 Å². The number of amides is 2. The number of piperidine rings is 1. The zero-order valence-electron chi connectivity index (χ0n) is 14.8. The van der Waals surface area contributed by atoms with E-state index >= 15 is 0 Å². The molecule has 4 nitrogen and oxygen atoms in total. The molecule has 1 heterocycles. The average Bonchev–Trinajstić information content (AvgIpc) is 2.55. The van der Waals surface area contributed by atoms with Crippen LogP contribution >= 0.6 is 11.6 Å². The molecule has 1 saturated heterocycles. The van der Waals surface area contributed by atoms with Crippen molar-refractivity contribution in [2.24, 2.45) is 5.92 Å². The minimum absolute atomic E-state index is 0.0138. The molecule has 0 aromatic heterocycles. The van der Waals surface area contributed by atoms with Gasteiger partial charge in [0, 0.05) is 33.0 Å². The third kappa shape index (κ3) is 5.13. The van der Waals surface area contributed by atoms with E-state index in [9.17, 15) is 22.8 Å². The first-order valence-corrected chi connectivity index (χ1v) is 8.90. The molecule has 26 heavy (non-hydrogen) atoms. The molecular formula is C18H22ClF3N2O2. The lowest BCUT2D eigenvalue weighted by Gasteiger charge is -2.32. The first kappa shape index (κ1) is 20.6. The second-order valence-corrected chi connectivity index (χ2v) is 7.08. The van der Waals surface area contributed by atoms with E-state index in [0.717, 1.165) is 35.9 Å². The van der Waals surface area contributed by atoms with Gasteiger partial charge in [0.25, 0.3) is 0 Å². The maximum Gasteiger partial charge on any atom is 0.416 e. The Morgan fingerprint density at radius 2 is 2.04 bits per heavy atom. The van der Waals surface area contributed by atoms with Gasteiger partial charge in [-0.25, -0.2) is 0 Å². The van der Waals surface area contributed by atoms with E-state index in [4.69, 9.17) is 11.6 Å². The Morgan fingerprint density at radius 1 is 1.35 bits per heavy atom. The first-order chi connectivity index (χ1) is 12.1. The Bertz CT molecular complexity index is 679. The lowest BCUT2D eigenvalue weighted by Crippen LogP contribution is -2.41. The summed E-state index contributed by atoms with van der Waals surface area (Å²) >= 11 is 6.01. The molecule has 2 amide bonds. The van der Waals surface area contributed by atoms with Gasteiger partial charge >= 0.3 is 6.18 Å². The molecule has 0 spiro atoms. The minimum Gasteiger partial charge on any atom is -0.342 e. The van der Waals surface area contributed by atoms with Gasteiger partial charge in [-0.2, -0.15) is 13.2 Å². The SMILES string of the molecule is CC(=O)N(CCC(=O)N1CCCC(C)C1)c1cc(C(F)(F)F)ccc1Cl. The molecule has 144 valence electrons. The van der Waals surface area contributed by atoms with Crippen LogP contribution in [0.3, 0.4) is 0 Å². The van der Waals surface area contributed by atoms with Gasteiger partial charge in [-0.05, 0) is 37.0 Å². The highest BCUT2D eigenvalue weighted by Gasteiger charge is 2.32. The van der Waals surface area contributed by atoms with Crippen molar-refractivity contribution in [2.45, 2.75) is 39.3 Å². The molecule has 1 fully saturated rings. The molecule has 1 unspecified atom stereocenters. The summed E-state index contributed by atoms with van der Waals surface area (Å²) in [4.78, 5) is 27.2. The molecule has 1 aliphatic heterocycles. The molecular weight excluding hydrogens is 369 g/mol. The zero-order chi connectivity index (χ0) is 19.5. The normalized spacial score (nSPS) is 17.9. The number of likely N-dealkylation sites (tertiary alicyclic amines) is 1. The van der Waals surface area contributed by atoms with Crippen molar-refractivity contribution in [1.82, 2.24) is 4.90 Å². The molecule has 1 aliphatic rings. The summed E-state index contributed by atoms with van der Waals surface area (Å²) in [6.07, 6.45) is -2.49. The predicted octanol–water partition coefficient (Wildman–Crippen LogP) is 4.36. The Labute approximate surface area is 155 Å². The maximum absolute atomic E-state index is 13.0. The highest BCUT2D eigenvalue weighted by atomic mass is 35.5. The summed E-state index contributed by atoms with van der Waals surface area (Å²) in [5.74, 6) is -0.147. The predicted molar refractivity (Wildman–Crippen MR) is 94.1 cm³/mol. The fraction of sp³-hybridized carbons (Fsp3) is 0.556. The Balaban J connectivity index is 2.14. The number of halogens is 4. The highest BCUT2D eigenvalue weighted by Crippen LogP contribution is 2.35. The van der Waals surface area contributed by atoms with Gasteiger partial charge < -0.3 is 9.80 Å². The van der Waals surface area contributed by atoms with Gasteiger partial charge in [0.1, 0.15) is 0 Å². The van der Waals surface area contributed by atoms with E-state index in [0.29, 0.717) is 19.0 Å². The number of alkyl halides is 3. The molecule has 2 rings (SSSR count). The second-order valence-electron chi connectivity index (χ2n) is 6.67. The van der Waals surface area contributed by atoms with Crippen molar-refractivity contribution >= 4 is 29.1 Å². The number of rotatable bonds is 4. The van der Waals surface area contributed by atoms with Crippen molar-refractivity contribution in [3.63, 3.8) is 0 Å². The summed E-state index contributed by atoms with van der Waals surface area (Å²) in [7, 11) is 0.